The third-order valence-electron chi connectivity index (χ3n) is 6.03. The van der Waals surface area contributed by atoms with Crippen LogP contribution in [0.4, 0.5) is 11.8 Å². The predicted molar refractivity (Wildman–Crippen MR) is 131 cm³/mol. The summed E-state index contributed by atoms with van der Waals surface area (Å²) in [4.78, 5) is 40.6. The molecule has 1 aliphatic heterocycles. The summed E-state index contributed by atoms with van der Waals surface area (Å²) < 4.78 is 6.87. The fourth-order valence-electron chi connectivity index (χ4n) is 3.87. The molecule has 13 nitrogen and oxygen atoms in total. The Labute approximate surface area is 211 Å². The maximum Gasteiger partial charge on any atom is 0.262 e. The minimum Gasteiger partial charge on any atom is -0.373 e. The van der Waals surface area contributed by atoms with E-state index < -0.39 is 11.5 Å². The molecule has 2 N–H and O–H groups in total. The van der Waals surface area contributed by atoms with E-state index in [9.17, 15) is 14.7 Å². The summed E-state index contributed by atoms with van der Waals surface area (Å²) in [5, 5.41) is 22.2. The molecule has 5 heterocycles. The van der Waals surface area contributed by atoms with Crippen molar-refractivity contribution in [1.29, 1.82) is 0 Å². The molecule has 0 saturated carbocycles. The van der Waals surface area contributed by atoms with Crippen LogP contribution in [0.1, 0.15) is 12.2 Å². The summed E-state index contributed by atoms with van der Waals surface area (Å²) in [5.41, 5.74) is 0.268. The highest BCUT2D eigenvalue weighted by atomic mass is 16.5. The zero-order chi connectivity index (χ0) is 26.2. The predicted octanol–water partition coefficient (Wildman–Crippen LogP) is 1.27. The van der Waals surface area contributed by atoms with Crippen LogP contribution < -0.4 is 5.32 Å². The molecule has 5 rings (SSSR count). The molecule has 0 aromatic carbocycles. The quantitative estimate of drug-likeness (QED) is 0.377. The Hall–Kier alpha value is -4.65. The highest BCUT2D eigenvalue weighted by Gasteiger charge is 2.48. The first-order chi connectivity index (χ1) is 17.7. The van der Waals surface area contributed by atoms with Crippen LogP contribution in [0.3, 0.4) is 0 Å². The second kappa shape index (κ2) is 9.43. The summed E-state index contributed by atoms with van der Waals surface area (Å²) in [7, 11) is 5.01. The molecule has 1 atom stereocenters. The number of anilines is 2. The highest BCUT2D eigenvalue weighted by molar-refractivity contribution is 5.87. The molecular weight excluding hydrogens is 478 g/mol. The average Bonchev–Trinajstić information content (AvgIpc) is 3.62. The van der Waals surface area contributed by atoms with E-state index in [0.717, 1.165) is 0 Å². The summed E-state index contributed by atoms with van der Waals surface area (Å²) in [5.74, 6) is 0.389. The first-order valence-electron chi connectivity index (χ1n) is 11.5. The van der Waals surface area contributed by atoms with Crippen molar-refractivity contribution < 1.29 is 19.2 Å². The van der Waals surface area contributed by atoms with Crippen molar-refractivity contribution in [3.05, 3.63) is 54.6 Å². The van der Waals surface area contributed by atoms with E-state index in [2.05, 4.69) is 30.5 Å². The van der Waals surface area contributed by atoms with Gasteiger partial charge in [0.05, 0.1) is 17.1 Å². The second-order valence-corrected chi connectivity index (χ2v) is 8.90. The van der Waals surface area contributed by atoms with E-state index in [-0.39, 0.29) is 24.6 Å². The number of likely N-dealkylation sites (N-methyl/N-ethyl adjacent to an activating group) is 2. The van der Waals surface area contributed by atoms with Crippen LogP contribution in [-0.4, -0.2) is 84.3 Å². The third-order valence-corrected chi connectivity index (χ3v) is 6.03. The van der Waals surface area contributed by atoms with Crippen LogP contribution in [0.5, 0.6) is 0 Å². The lowest BCUT2D eigenvalue weighted by molar-refractivity contribution is -0.144. The van der Waals surface area contributed by atoms with Gasteiger partial charge in [-0.25, -0.2) is 15.0 Å². The van der Waals surface area contributed by atoms with Crippen LogP contribution in [-0.2, 0) is 21.7 Å². The van der Waals surface area contributed by atoms with E-state index in [0.29, 0.717) is 41.1 Å². The Kier molecular flexibility index (Phi) is 6.13. The summed E-state index contributed by atoms with van der Waals surface area (Å²) in [6, 6.07) is 10.3. The van der Waals surface area contributed by atoms with E-state index in [1.54, 1.807) is 63.9 Å². The smallest absolute Gasteiger partial charge is 0.262 e. The SMILES string of the molecule is CN(C)C(=O)Cn1ccc(Nc2nccc(-c3cccc(-c4cc([C@]5(O)CCN(C)C5=O)on4)n3)n2)n1. The zero-order valence-electron chi connectivity index (χ0n) is 20.5. The van der Waals surface area contributed by atoms with Crippen molar-refractivity contribution in [2.24, 2.45) is 0 Å². The van der Waals surface area contributed by atoms with Crippen LogP contribution in [0.25, 0.3) is 22.8 Å². The van der Waals surface area contributed by atoms with Crippen molar-refractivity contribution in [2.75, 3.05) is 33.0 Å². The zero-order valence-corrected chi connectivity index (χ0v) is 20.5. The third kappa shape index (κ3) is 4.76. The Morgan fingerprint density at radius 1 is 1.16 bits per heavy atom. The number of likely N-dealkylation sites (tertiary alicyclic amines) is 1. The molecule has 0 spiro atoms. The molecule has 0 aliphatic carbocycles. The molecule has 190 valence electrons. The van der Waals surface area contributed by atoms with Gasteiger partial charge < -0.3 is 24.7 Å². The van der Waals surface area contributed by atoms with Crippen molar-refractivity contribution >= 4 is 23.6 Å². The average molecular weight is 504 g/mol. The number of rotatable bonds is 7. The molecular formula is C24H25N9O4. The Balaban J connectivity index is 1.34. The van der Waals surface area contributed by atoms with Crippen molar-refractivity contribution in [3.8, 4) is 22.8 Å². The standard InChI is InChI=1S/C24H25N9O4/c1-31(2)21(34)14-33-11-8-20(29-33)28-23-25-10-7-17(27-23)15-5-4-6-16(26-15)18-13-19(37-30-18)24(36)9-12-32(3)22(24)35/h4-8,10-11,13,36H,9,12,14H2,1-3H3,(H,25,27,28,29)/t24-/m1/s1. The van der Waals surface area contributed by atoms with Crippen LogP contribution in [0, 0.1) is 0 Å². The summed E-state index contributed by atoms with van der Waals surface area (Å²) in [6.07, 6.45) is 3.52. The van der Waals surface area contributed by atoms with E-state index >= 15 is 0 Å². The summed E-state index contributed by atoms with van der Waals surface area (Å²) >= 11 is 0. The van der Waals surface area contributed by atoms with Crippen LogP contribution >= 0.6 is 0 Å². The normalized spacial score (nSPS) is 17.3. The number of aliphatic hydroxyl groups is 1. The molecule has 4 aromatic rings. The summed E-state index contributed by atoms with van der Waals surface area (Å²) in [6.45, 7) is 0.552. The molecule has 1 fully saturated rings. The van der Waals surface area contributed by atoms with E-state index in [1.807, 2.05) is 0 Å². The fraction of sp³-hybridized carbons (Fsp3) is 0.292. The lowest BCUT2D eigenvalue weighted by atomic mass is 9.98. The Morgan fingerprint density at radius 2 is 1.92 bits per heavy atom. The lowest BCUT2D eigenvalue weighted by Gasteiger charge is -2.16. The van der Waals surface area contributed by atoms with Crippen LogP contribution in [0.2, 0.25) is 0 Å². The Bertz CT molecular complexity index is 1460. The van der Waals surface area contributed by atoms with Gasteiger partial charge in [-0.2, -0.15) is 5.10 Å². The van der Waals surface area contributed by atoms with Gasteiger partial charge in [0.1, 0.15) is 12.2 Å². The molecule has 1 saturated heterocycles. The largest absolute Gasteiger partial charge is 0.373 e. The number of carbonyl (C=O) groups is 2. The topological polar surface area (TPSA) is 155 Å². The van der Waals surface area contributed by atoms with Crippen molar-refractivity contribution in [2.45, 2.75) is 18.6 Å². The number of nitrogens with one attached hydrogen (secondary N) is 1. The maximum absolute atomic E-state index is 12.4. The van der Waals surface area contributed by atoms with Gasteiger partial charge >= 0.3 is 0 Å². The first kappa shape index (κ1) is 24.1. The molecule has 0 unspecified atom stereocenters. The molecule has 4 aromatic heterocycles. The van der Waals surface area contributed by atoms with Crippen molar-refractivity contribution in [1.82, 2.24) is 39.7 Å². The first-order valence-corrected chi connectivity index (χ1v) is 11.5. The number of aromatic nitrogens is 6. The van der Waals surface area contributed by atoms with E-state index in [1.165, 1.54) is 20.5 Å². The van der Waals surface area contributed by atoms with Gasteiger partial charge in [-0.1, -0.05) is 11.2 Å². The van der Waals surface area contributed by atoms with Crippen LogP contribution in [0.15, 0.2) is 53.3 Å². The van der Waals surface area contributed by atoms with Gasteiger partial charge in [-0.3, -0.25) is 14.3 Å². The van der Waals surface area contributed by atoms with Gasteiger partial charge in [0.15, 0.2) is 11.6 Å². The number of carbonyl (C=O) groups excluding carboxylic acids is 2. The van der Waals surface area contributed by atoms with E-state index in [4.69, 9.17) is 4.52 Å². The van der Waals surface area contributed by atoms with Crippen molar-refractivity contribution in [3.63, 3.8) is 0 Å². The maximum atomic E-state index is 12.4. The molecule has 0 radical (unpaired) electrons. The number of amides is 2. The Morgan fingerprint density at radius 3 is 2.65 bits per heavy atom. The molecule has 2 amide bonds. The van der Waals surface area contributed by atoms with Gasteiger partial charge in [0.2, 0.25) is 17.5 Å². The molecule has 13 heteroatoms. The highest BCUT2D eigenvalue weighted by Crippen LogP contribution is 2.34. The van der Waals surface area contributed by atoms with Gasteiger partial charge in [-0.15, -0.1) is 0 Å². The number of hydrogen-bond acceptors (Lipinski definition) is 10. The minimum atomic E-state index is -1.72. The minimum absolute atomic E-state index is 0.0746. The monoisotopic (exact) mass is 503 g/mol. The lowest BCUT2D eigenvalue weighted by Crippen LogP contribution is -2.35. The van der Waals surface area contributed by atoms with Gasteiger partial charge in [-0.05, 0) is 18.2 Å². The number of pyridine rings is 1. The second-order valence-electron chi connectivity index (χ2n) is 8.90. The van der Waals surface area contributed by atoms with Gasteiger partial charge in [0, 0.05) is 58.6 Å². The molecule has 37 heavy (non-hydrogen) atoms. The molecule has 0 bridgehead atoms. The molecule has 1 aliphatic rings. The number of hydrogen-bond donors (Lipinski definition) is 2. The fourth-order valence-corrected chi connectivity index (χ4v) is 3.87. The van der Waals surface area contributed by atoms with Gasteiger partial charge in [0.25, 0.3) is 5.91 Å². The number of nitrogens with zero attached hydrogens (tertiary/aromatic N) is 8.